The van der Waals surface area contributed by atoms with E-state index in [9.17, 15) is 4.79 Å². The maximum absolute atomic E-state index is 12.0. The van der Waals surface area contributed by atoms with Crippen molar-refractivity contribution in [1.82, 2.24) is 4.90 Å². The average Bonchev–Trinajstić information content (AvgIpc) is 2.74. The molecular formula is C12H20N2O2. The molecule has 2 atom stereocenters. The Morgan fingerprint density at radius 2 is 2.44 bits per heavy atom. The summed E-state index contributed by atoms with van der Waals surface area (Å²) in [5, 5.41) is 17.8. The topological polar surface area (TPSA) is 64.3 Å². The van der Waals surface area contributed by atoms with Crippen LogP contribution in [0.15, 0.2) is 0 Å². The van der Waals surface area contributed by atoms with Gasteiger partial charge in [-0.15, -0.1) is 0 Å². The Bertz CT molecular complexity index is 273. The molecule has 0 aromatic carbocycles. The van der Waals surface area contributed by atoms with Crippen molar-refractivity contribution >= 4 is 5.91 Å². The lowest BCUT2D eigenvalue weighted by molar-refractivity contribution is -0.133. The first-order valence-electron chi connectivity index (χ1n) is 6.02. The lowest BCUT2D eigenvalue weighted by atomic mass is 10.0. The summed E-state index contributed by atoms with van der Waals surface area (Å²) < 4.78 is 0. The second-order valence-corrected chi connectivity index (χ2v) is 4.42. The minimum Gasteiger partial charge on any atom is -0.396 e. The summed E-state index contributed by atoms with van der Waals surface area (Å²) in [4.78, 5) is 13.7. The Balaban J connectivity index is 2.46. The maximum atomic E-state index is 12.0. The van der Waals surface area contributed by atoms with Crippen LogP contribution in [0.4, 0.5) is 0 Å². The molecule has 0 bridgehead atoms. The zero-order valence-electron chi connectivity index (χ0n) is 9.85. The molecule has 0 aromatic heterocycles. The van der Waals surface area contributed by atoms with Crippen LogP contribution in [-0.4, -0.2) is 35.6 Å². The number of carbonyl (C=O) groups excluding carboxylic acids is 1. The predicted molar refractivity (Wildman–Crippen MR) is 60.4 cm³/mol. The van der Waals surface area contributed by atoms with Crippen LogP contribution in [0.2, 0.25) is 0 Å². The van der Waals surface area contributed by atoms with E-state index < -0.39 is 5.92 Å². The summed E-state index contributed by atoms with van der Waals surface area (Å²) in [5.41, 5.74) is 0. The number of hydrogen-bond acceptors (Lipinski definition) is 3. The fourth-order valence-corrected chi connectivity index (χ4v) is 2.20. The standard InChI is InChI=1S/C12H20N2O2/c1-2-3-11(8-13)12(16)14-6-4-10(9-14)5-7-15/h10-11,15H,2-7,9H2,1H3. The first kappa shape index (κ1) is 13.0. The smallest absolute Gasteiger partial charge is 0.239 e. The normalized spacial score (nSPS) is 21.8. The number of rotatable bonds is 5. The van der Waals surface area contributed by atoms with Gasteiger partial charge < -0.3 is 10.0 Å². The molecule has 0 spiro atoms. The number of hydrogen-bond donors (Lipinski definition) is 1. The molecule has 1 N–H and O–H groups in total. The van der Waals surface area contributed by atoms with Gasteiger partial charge in [0.25, 0.3) is 0 Å². The van der Waals surface area contributed by atoms with Crippen LogP contribution in [0.25, 0.3) is 0 Å². The quantitative estimate of drug-likeness (QED) is 0.762. The molecule has 4 nitrogen and oxygen atoms in total. The third kappa shape index (κ3) is 3.21. The summed E-state index contributed by atoms with van der Waals surface area (Å²) in [6, 6.07) is 2.09. The largest absolute Gasteiger partial charge is 0.396 e. The third-order valence-corrected chi connectivity index (χ3v) is 3.17. The molecule has 0 saturated carbocycles. The van der Waals surface area contributed by atoms with Crippen molar-refractivity contribution in [3.05, 3.63) is 0 Å². The fraction of sp³-hybridized carbons (Fsp3) is 0.833. The first-order chi connectivity index (χ1) is 7.72. The Labute approximate surface area is 96.9 Å². The zero-order valence-corrected chi connectivity index (χ0v) is 9.85. The molecule has 1 fully saturated rings. The molecule has 0 aliphatic carbocycles. The molecule has 1 amide bonds. The number of likely N-dealkylation sites (tertiary alicyclic amines) is 1. The van der Waals surface area contributed by atoms with Crippen LogP contribution in [0.5, 0.6) is 0 Å². The highest BCUT2D eigenvalue weighted by atomic mass is 16.3. The SMILES string of the molecule is CCCC(C#N)C(=O)N1CCC(CCO)C1. The van der Waals surface area contributed by atoms with E-state index in [-0.39, 0.29) is 12.5 Å². The van der Waals surface area contributed by atoms with Gasteiger partial charge >= 0.3 is 0 Å². The van der Waals surface area contributed by atoms with Gasteiger partial charge in [0.2, 0.25) is 5.91 Å². The zero-order chi connectivity index (χ0) is 12.0. The number of nitriles is 1. The predicted octanol–water partition coefficient (Wildman–Crippen LogP) is 1.16. The van der Waals surface area contributed by atoms with Gasteiger partial charge in [-0.05, 0) is 25.2 Å². The van der Waals surface area contributed by atoms with E-state index in [2.05, 4.69) is 6.07 Å². The summed E-state index contributed by atoms with van der Waals surface area (Å²) in [6.45, 7) is 3.62. The van der Waals surface area contributed by atoms with Crippen LogP contribution >= 0.6 is 0 Å². The van der Waals surface area contributed by atoms with Crippen LogP contribution in [0.1, 0.15) is 32.6 Å². The van der Waals surface area contributed by atoms with Gasteiger partial charge in [0.15, 0.2) is 0 Å². The van der Waals surface area contributed by atoms with E-state index in [1.165, 1.54) is 0 Å². The highest BCUT2D eigenvalue weighted by Crippen LogP contribution is 2.22. The molecule has 1 aliphatic heterocycles. The lowest BCUT2D eigenvalue weighted by Gasteiger charge is -2.19. The Morgan fingerprint density at radius 1 is 1.69 bits per heavy atom. The van der Waals surface area contributed by atoms with Crippen LogP contribution < -0.4 is 0 Å². The number of nitrogens with zero attached hydrogens (tertiary/aromatic N) is 2. The van der Waals surface area contributed by atoms with Gasteiger partial charge in [-0.3, -0.25) is 4.79 Å². The van der Waals surface area contributed by atoms with Gasteiger partial charge in [0.1, 0.15) is 5.92 Å². The maximum Gasteiger partial charge on any atom is 0.239 e. The average molecular weight is 224 g/mol. The number of aliphatic hydroxyl groups excluding tert-OH is 1. The molecule has 2 unspecified atom stereocenters. The Kier molecular flexibility index (Phi) is 5.27. The monoisotopic (exact) mass is 224 g/mol. The molecule has 4 heteroatoms. The molecule has 1 saturated heterocycles. The van der Waals surface area contributed by atoms with Crippen molar-refractivity contribution in [2.45, 2.75) is 32.6 Å². The van der Waals surface area contributed by atoms with Crippen molar-refractivity contribution < 1.29 is 9.90 Å². The Hall–Kier alpha value is -1.08. The molecule has 16 heavy (non-hydrogen) atoms. The van der Waals surface area contributed by atoms with E-state index >= 15 is 0 Å². The highest BCUT2D eigenvalue weighted by molar-refractivity contribution is 5.81. The molecule has 1 heterocycles. The first-order valence-corrected chi connectivity index (χ1v) is 6.02. The summed E-state index contributed by atoms with van der Waals surface area (Å²) in [6.07, 6.45) is 3.22. The van der Waals surface area contributed by atoms with Crippen LogP contribution in [-0.2, 0) is 4.79 Å². The number of carbonyl (C=O) groups is 1. The van der Waals surface area contributed by atoms with E-state index in [4.69, 9.17) is 10.4 Å². The van der Waals surface area contributed by atoms with Crippen molar-refractivity contribution in [3.8, 4) is 6.07 Å². The van der Waals surface area contributed by atoms with Gasteiger partial charge in [-0.1, -0.05) is 13.3 Å². The fourth-order valence-electron chi connectivity index (χ4n) is 2.20. The van der Waals surface area contributed by atoms with Crippen molar-refractivity contribution in [2.75, 3.05) is 19.7 Å². The minimum atomic E-state index is -0.474. The highest BCUT2D eigenvalue weighted by Gasteiger charge is 2.29. The number of aliphatic hydroxyl groups is 1. The number of amides is 1. The Morgan fingerprint density at radius 3 is 3.00 bits per heavy atom. The van der Waals surface area contributed by atoms with Crippen molar-refractivity contribution in [1.29, 1.82) is 5.26 Å². The van der Waals surface area contributed by atoms with Gasteiger partial charge in [0.05, 0.1) is 6.07 Å². The van der Waals surface area contributed by atoms with E-state index in [1.54, 1.807) is 4.90 Å². The molecular weight excluding hydrogens is 204 g/mol. The van der Waals surface area contributed by atoms with E-state index in [0.717, 1.165) is 25.8 Å². The second kappa shape index (κ2) is 6.49. The van der Waals surface area contributed by atoms with Gasteiger partial charge in [-0.25, -0.2) is 0 Å². The lowest BCUT2D eigenvalue weighted by Crippen LogP contribution is -2.34. The van der Waals surface area contributed by atoms with Crippen LogP contribution in [0.3, 0.4) is 0 Å². The van der Waals surface area contributed by atoms with Gasteiger partial charge in [-0.2, -0.15) is 5.26 Å². The summed E-state index contributed by atoms with van der Waals surface area (Å²) in [7, 11) is 0. The second-order valence-electron chi connectivity index (χ2n) is 4.42. The summed E-state index contributed by atoms with van der Waals surface area (Å²) in [5.74, 6) is -0.0856. The minimum absolute atomic E-state index is 0.0233. The van der Waals surface area contributed by atoms with Crippen molar-refractivity contribution in [2.24, 2.45) is 11.8 Å². The summed E-state index contributed by atoms with van der Waals surface area (Å²) >= 11 is 0. The van der Waals surface area contributed by atoms with E-state index in [1.807, 2.05) is 6.92 Å². The molecule has 0 radical (unpaired) electrons. The van der Waals surface area contributed by atoms with Crippen molar-refractivity contribution in [3.63, 3.8) is 0 Å². The molecule has 90 valence electrons. The molecule has 1 aliphatic rings. The van der Waals surface area contributed by atoms with Gasteiger partial charge in [0, 0.05) is 19.7 Å². The van der Waals surface area contributed by atoms with E-state index in [0.29, 0.717) is 18.9 Å². The van der Waals surface area contributed by atoms with Crippen LogP contribution in [0, 0.1) is 23.2 Å². The molecule has 0 aromatic rings. The molecule has 1 rings (SSSR count). The third-order valence-electron chi connectivity index (χ3n) is 3.17.